The van der Waals surface area contributed by atoms with Crippen molar-refractivity contribution in [3.8, 4) is 21.9 Å². The smallest absolute Gasteiger partial charge is 0.341 e. The zero-order valence-corrected chi connectivity index (χ0v) is 21.8. The van der Waals surface area contributed by atoms with Crippen molar-refractivity contribution in [2.75, 3.05) is 19.0 Å². The Bertz CT molecular complexity index is 1340. The van der Waals surface area contributed by atoms with Crippen LogP contribution in [0.25, 0.3) is 16.1 Å². The number of aliphatic hydroxyl groups is 1. The Hall–Kier alpha value is -3.69. The largest absolute Gasteiger partial charge is 0.494 e. The molecule has 4 rings (SSSR count). The predicted molar refractivity (Wildman–Crippen MR) is 141 cm³/mol. The summed E-state index contributed by atoms with van der Waals surface area (Å²) in [5.41, 5.74) is 1.99. The van der Waals surface area contributed by atoms with Gasteiger partial charge in [-0.3, -0.25) is 0 Å². The Balaban J connectivity index is 1.77. The normalized spacial score (nSPS) is 12.3. The van der Waals surface area contributed by atoms with E-state index in [4.69, 9.17) is 14.6 Å². The molecule has 1 unspecified atom stereocenters. The molecule has 8 nitrogen and oxygen atoms in total. The molecule has 0 radical (unpaired) electrons. The summed E-state index contributed by atoms with van der Waals surface area (Å²) in [6.07, 6.45) is 0.888. The summed E-state index contributed by atoms with van der Waals surface area (Å²) in [7, 11) is 1.34. The second-order valence-electron chi connectivity index (χ2n) is 9.28. The van der Waals surface area contributed by atoms with Gasteiger partial charge in [0.1, 0.15) is 23.2 Å². The average molecular weight is 507 g/mol. The van der Waals surface area contributed by atoms with E-state index >= 15 is 0 Å². The number of ether oxygens (including phenoxy) is 2. The Labute approximate surface area is 214 Å². The monoisotopic (exact) mass is 506 g/mol. The van der Waals surface area contributed by atoms with E-state index in [2.05, 4.69) is 10.3 Å². The molecule has 4 aromatic rings. The minimum absolute atomic E-state index is 0.286. The van der Waals surface area contributed by atoms with Crippen LogP contribution in [0, 0.1) is 5.41 Å². The minimum Gasteiger partial charge on any atom is -0.494 e. The maximum Gasteiger partial charge on any atom is 0.341 e. The fourth-order valence-corrected chi connectivity index (χ4v) is 4.41. The Morgan fingerprint density at radius 1 is 1.19 bits per heavy atom. The fourth-order valence-electron chi connectivity index (χ4n) is 3.70. The third kappa shape index (κ3) is 5.42. The first kappa shape index (κ1) is 25.4. The van der Waals surface area contributed by atoms with Crippen LogP contribution in [0.5, 0.6) is 5.75 Å². The van der Waals surface area contributed by atoms with Gasteiger partial charge in [0.25, 0.3) is 0 Å². The molecular weight excluding hydrogens is 476 g/mol. The molecule has 0 saturated heterocycles. The second-order valence-corrected chi connectivity index (χ2v) is 10.2. The van der Waals surface area contributed by atoms with Crippen molar-refractivity contribution in [3.05, 3.63) is 71.4 Å². The molecule has 188 valence electrons. The van der Waals surface area contributed by atoms with Crippen LogP contribution in [0.1, 0.15) is 49.9 Å². The lowest BCUT2D eigenvalue weighted by atomic mass is 9.87. The minimum atomic E-state index is -0.814. The number of aromatic nitrogens is 3. The lowest BCUT2D eigenvalue weighted by molar-refractivity contribution is 0.0568. The number of aliphatic hydroxyl groups excluding tert-OH is 1. The highest BCUT2D eigenvalue weighted by molar-refractivity contribution is 7.13. The van der Waals surface area contributed by atoms with Crippen LogP contribution in [0.15, 0.2) is 60.1 Å². The third-order valence-electron chi connectivity index (χ3n) is 5.56. The molecule has 0 aliphatic rings. The number of carbonyl (C=O) groups excluding carboxylic acids is 1. The molecule has 36 heavy (non-hydrogen) atoms. The first-order valence-corrected chi connectivity index (χ1v) is 12.5. The SMILES string of the molecule is CCOc1cccc(-n2nc(Nc3ncc(-c4cccs4)cc3C(=O)OC)cc2C(O)C(C)(C)C)c1. The van der Waals surface area contributed by atoms with Gasteiger partial charge in [0.15, 0.2) is 5.82 Å². The quantitative estimate of drug-likeness (QED) is 0.283. The van der Waals surface area contributed by atoms with Gasteiger partial charge in [-0.2, -0.15) is 0 Å². The van der Waals surface area contributed by atoms with Crippen LogP contribution >= 0.6 is 11.3 Å². The Morgan fingerprint density at radius 2 is 2.00 bits per heavy atom. The number of carbonyl (C=O) groups is 1. The second kappa shape index (κ2) is 10.5. The summed E-state index contributed by atoms with van der Waals surface area (Å²) < 4.78 is 12.3. The van der Waals surface area contributed by atoms with Crippen molar-refractivity contribution < 1.29 is 19.4 Å². The number of nitrogens with zero attached hydrogens (tertiary/aromatic N) is 3. The van der Waals surface area contributed by atoms with Gasteiger partial charge in [0.2, 0.25) is 0 Å². The van der Waals surface area contributed by atoms with Gasteiger partial charge in [0, 0.05) is 28.8 Å². The average Bonchev–Trinajstić information content (AvgIpc) is 3.54. The topological polar surface area (TPSA) is 98.5 Å². The van der Waals surface area contributed by atoms with Crippen LogP contribution < -0.4 is 10.1 Å². The summed E-state index contributed by atoms with van der Waals surface area (Å²) in [5, 5.41) is 21.0. The molecular formula is C27H30N4O4S. The summed E-state index contributed by atoms with van der Waals surface area (Å²) in [5.74, 6) is 0.931. The van der Waals surface area contributed by atoms with Gasteiger partial charge >= 0.3 is 5.97 Å². The highest BCUT2D eigenvalue weighted by atomic mass is 32.1. The van der Waals surface area contributed by atoms with Crippen molar-refractivity contribution >= 4 is 28.9 Å². The number of benzene rings is 1. The van der Waals surface area contributed by atoms with Crippen LogP contribution in [-0.4, -0.2) is 39.6 Å². The van der Waals surface area contributed by atoms with Crippen LogP contribution in [0.3, 0.4) is 0 Å². The molecule has 0 aliphatic heterocycles. The third-order valence-corrected chi connectivity index (χ3v) is 6.47. The first-order valence-electron chi connectivity index (χ1n) is 11.6. The number of methoxy groups -OCH3 is 1. The van der Waals surface area contributed by atoms with E-state index in [1.807, 2.05) is 69.5 Å². The highest BCUT2D eigenvalue weighted by Gasteiger charge is 2.29. The fraction of sp³-hybridized carbons (Fsp3) is 0.296. The summed E-state index contributed by atoms with van der Waals surface area (Å²) in [6, 6.07) is 14.9. The van der Waals surface area contributed by atoms with E-state index in [1.165, 1.54) is 7.11 Å². The van der Waals surface area contributed by atoms with E-state index in [1.54, 1.807) is 34.3 Å². The number of pyridine rings is 1. The van der Waals surface area contributed by atoms with Crippen molar-refractivity contribution in [3.63, 3.8) is 0 Å². The van der Waals surface area contributed by atoms with Crippen LogP contribution in [-0.2, 0) is 4.74 Å². The van der Waals surface area contributed by atoms with Crippen LogP contribution in [0.2, 0.25) is 0 Å². The molecule has 0 amide bonds. The van der Waals surface area contributed by atoms with Gasteiger partial charge in [-0.1, -0.05) is 32.9 Å². The van der Waals surface area contributed by atoms with Gasteiger partial charge in [0.05, 0.1) is 25.1 Å². The number of thiophene rings is 1. The van der Waals surface area contributed by atoms with Crippen molar-refractivity contribution in [1.82, 2.24) is 14.8 Å². The van der Waals surface area contributed by atoms with Crippen molar-refractivity contribution in [1.29, 1.82) is 0 Å². The Morgan fingerprint density at radius 3 is 2.67 bits per heavy atom. The zero-order chi connectivity index (χ0) is 25.9. The maximum atomic E-state index is 12.6. The molecule has 3 aromatic heterocycles. The molecule has 2 N–H and O–H groups in total. The van der Waals surface area contributed by atoms with Gasteiger partial charge in [-0.05, 0) is 42.0 Å². The molecule has 0 bridgehead atoms. The molecule has 9 heteroatoms. The van der Waals surface area contributed by atoms with Gasteiger partial charge < -0.3 is 19.9 Å². The van der Waals surface area contributed by atoms with E-state index in [0.29, 0.717) is 29.7 Å². The number of nitrogens with one attached hydrogen (secondary N) is 1. The summed E-state index contributed by atoms with van der Waals surface area (Å²) in [4.78, 5) is 18.1. The number of rotatable bonds is 8. The zero-order valence-electron chi connectivity index (χ0n) is 21.0. The van der Waals surface area contributed by atoms with Gasteiger partial charge in [-0.25, -0.2) is 14.5 Å². The first-order chi connectivity index (χ1) is 17.2. The van der Waals surface area contributed by atoms with Crippen molar-refractivity contribution in [2.24, 2.45) is 5.41 Å². The summed E-state index contributed by atoms with van der Waals surface area (Å²) in [6.45, 7) is 8.33. The number of anilines is 2. The lowest BCUT2D eigenvalue weighted by Gasteiger charge is -2.26. The maximum absolute atomic E-state index is 12.6. The predicted octanol–water partition coefficient (Wildman–Crippen LogP) is 6.00. The highest BCUT2D eigenvalue weighted by Crippen LogP contribution is 2.36. The van der Waals surface area contributed by atoms with E-state index in [0.717, 1.165) is 16.1 Å². The molecule has 1 aromatic carbocycles. The number of hydrogen-bond acceptors (Lipinski definition) is 8. The molecule has 3 heterocycles. The van der Waals surface area contributed by atoms with E-state index < -0.39 is 17.5 Å². The molecule has 0 spiro atoms. The van der Waals surface area contributed by atoms with E-state index in [9.17, 15) is 9.90 Å². The van der Waals surface area contributed by atoms with Crippen LogP contribution in [0.4, 0.5) is 11.6 Å². The molecule has 0 fully saturated rings. The van der Waals surface area contributed by atoms with Crippen molar-refractivity contribution in [2.45, 2.75) is 33.8 Å². The lowest BCUT2D eigenvalue weighted by Crippen LogP contribution is -2.21. The standard InChI is InChI=1S/C27H30N4O4S/c1-6-35-19-10-7-9-18(14-19)31-21(24(32)27(2,3)4)15-23(30-31)29-25-20(26(33)34-5)13-17(16-28-25)22-11-8-12-36-22/h7-16,24,32H,6H2,1-5H3,(H,28,29,30). The number of hydrogen-bond donors (Lipinski definition) is 2. The molecule has 0 aliphatic carbocycles. The summed E-state index contributed by atoms with van der Waals surface area (Å²) >= 11 is 1.56. The number of esters is 1. The van der Waals surface area contributed by atoms with Gasteiger partial charge in [-0.15, -0.1) is 16.4 Å². The molecule has 1 atom stereocenters. The van der Waals surface area contributed by atoms with E-state index in [-0.39, 0.29) is 5.56 Å². The molecule has 0 saturated carbocycles. The Kier molecular flexibility index (Phi) is 7.42.